The van der Waals surface area contributed by atoms with E-state index < -0.39 is 22.8 Å². The van der Waals surface area contributed by atoms with Gasteiger partial charge in [0.05, 0.1) is 22.1 Å². The number of nitrogens with one attached hydrogen (secondary N) is 1. The molecule has 0 radical (unpaired) electrons. The lowest BCUT2D eigenvalue weighted by Crippen LogP contribution is -2.32. The first-order chi connectivity index (χ1) is 13.2. The highest BCUT2D eigenvalue weighted by Crippen LogP contribution is 2.58. The molecule has 2 heterocycles. The third-order valence-corrected chi connectivity index (χ3v) is 9.25. The Morgan fingerprint density at radius 2 is 2.14 bits per heavy atom. The van der Waals surface area contributed by atoms with Crippen molar-refractivity contribution in [3.63, 3.8) is 0 Å². The van der Waals surface area contributed by atoms with Crippen LogP contribution in [0.25, 0.3) is 10.6 Å². The zero-order chi connectivity index (χ0) is 20.8. The Kier molecular flexibility index (Phi) is 7.49. The van der Waals surface area contributed by atoms with Crippen LogP contribution in [0.4, 0.5) is 13.2 Å². The molecule has 9 heteroatoms. The smallest absolute Gasteiger partial charge is 0.313 e. The molecule has 0 fully saturated rings. The molecule has 0 aliphatic carbocycles. The van der Waals surface area contributed by atoms with E-state index in [4.69, 9.17) is 0 Å². The number of alkyl halides is 3. The molecular weight excluding hydrogens is 407 g/mol. The normalized spacial score (nSPS) is 14.5. The van der Waals surface area contributed by atoms with Crippen molar-refractivity contribution in [3.05, 3.63) is 30.2 Å². The molecule has 0 spiro atoms. The second-order valence-corrected chi connectivity index (χ2v) is 10.4. The van der Waals surface area contributed by atoms with E-state index in [9.17, 15) is 18.0 Å². The average Bonchev–Trinajstić information content (AvgIpc) is 3.06. The van der Waals surface area contributed by atoms with Gasteiger partial charge in [0, 0.05) is 30.1 Å². The van der Waals surface area contributed by atoms with Crippen molar-refractivity contribution < 1.29 is 18.0 Å². The summed E-state index contributed by atoms with van der Waals surface area (Å²) in [7, 11) is -2.36. The minimum absolute atomic E-state index is 0.167. The molecule has 28 heavy (non-hydrogen) atoms. The van der Waals surface area contributed by atoms with Gasteiger partial charge in [0.2, 0.25) is 5.91 Å². The first-order valence-electron chi connectivity index (χ1n) is 8.64. The number of carbonyl (C=O) groups is 1. The van der Waals surface area contributed by atoms with Crippen LogP contribution in [-0.2, 0) is 4.79 Å². The van der Waals surface area contributed by atoms with Gasteiger partial charge in [-0.15, -0.1) is 27.5 Å². The summed E-state index contributed by atoms with van der Waals surface area (Å²) in [5.74, 6) is 5.32. The number of halogens is 3. The van der Waals surface area contributed by atoms with Gasteiger partial charge in [-0.25, -0.2) is 4.98 Å². The summed E-state index contributed by atoms with van der Waals surface area (Å²) in [6, 6.07) is 3.62. The number of carbonyl (C=O) groups excluding carboxylic acids is 1. The van der Waals surface area contributed by atoms with Crippen LogP contribution >= 0.6 is 21.6 Å². The molecule has 1 amide bonds. The lowest BCUT2D eigenvalue weighted by molar-refractivity contribution is -0.130. The Morgan fingerprint density at radius 1 is 1.39 bits per heavy atom. The van der Waals surface area contributed by atoms with Gasteiger partial charge in [0.1, 0.15) is 5.01 Å². The molecule has 0 aliphatic heterocycles. The van der Waals surface area contributed by atoms with Gasteiger partial charge in [-0.1, -0.05) is 12.8 Å². The monoisotopic (exact) mass is 429 g/mol. The fraction of sp³-hybridized carbons (Fsp3) is 0.421. The molecule has 2 rings (SSSR count). The molecule has 2 aromatic rings. The van der Waals surface area contributed by atoms with Crippen molar-refractivity contribution in [2.75, 3.05) is 11.5 Å². The van der Waals surface area contributed by atoms with E-state index in [-0.39, 0.29) is 23.8 Å². The maximum atomic E-state index is 13.1. The van der Waals surface area contributed by atoms with Crippen LogP contribution in [0, 0.1) is 18.8 Å². The Hall–Kier alpha value is -2.05. The minimum Gasteiger partial charge on any atom is -0.313 e. The molecular formula is C19H22F3N3OS2. The lowest BCUT2D eigenvalue weighted by atomic mass is 10.3. The molecule has 2 aromatic heterocycles. The van der Waals surface area contributed by atoms with Crippen molar-refractivity contribution in [1.29, 1.82) is 0 Å². The topological polar surface area (TPSA) is 54.9 Å². The standard InChI is InChI=1S/C19H22F3N3OS2/c1-4-6-11-28(25-16(26)5-2,12-9-19(20,21)22)18-14(3)24-17(27-18)15-8-7-10-23-13-15/h7-8,10,13H,5,9,11-12H2,1-3H3,(H,25,26). The number of thiazole rings is 1. The van der Waals surface area contributed by atoms with Crippen molar-refractivity contribution in [1.82, 2.24) is 14.7 Å². The molecule has 4 nitrogen and oxygen atoms in total. The van der Waals surface area contributed by atoms with Crippen molar-refractivity contribution in [2.24, 2.45) is 0 Å². The highest BCUT2D eigenvalue weighted by atomic mass is 32.3. The predicted molar refractivity (Wildman–Crippen MR) is 108 cm³/mol. The summed E-state index contributed by atoms with van der Waals surface area (Å²) in [6.07, 6.45) is -1.82. The van der Waals surface area contributed by atoms with Crippen LogP contribution in [0.3, 0.4) is 0 Å². The first kappa shape index (κ1) is 22.2. The Bertz CT molecular complexity index is 872. The number of nitrogens with zero attached hydrogens (tertiary/aromatic N) is 2. The maximum Gasteiger partial charge on any atom is 0.389 e. The highest BCUT2D eigenvalue weighted by molar-refractivity contribution is 8.33. The Morgan fingerprint density at radius 3 is 2.71 bits per heavy atom. The molecule has 152 valence electrons. The van der Waals surface area contributed by atoms with Gasteiger partial charge >= 0.3 is 6.18 Å². The van der Waals surface area contributed by atoms with Crippen molar-refractivity contribution in [2.45, 2.75) is 44.0 Å². The largest absolute Gasteiger partial charge is 0.389 e. The third-order valence-electron chi connectivity index (χ3n) is 3.88. The molecule has 0 aromatic carbocycles. The molecule has 0 saturated carbocycles. The Balaban J connectivity index is 2.56. The number of hydrogen-bond donors (Lipinski definition) is 1. The van der Waals surface area contributed by atoms with Crippen molar-refractivity contribution in [3.8, 4) is 22.4 Å². The number of aryl methyl sites for hydroxylation is 1. The van der Waals surface area contributed by atoms with E-state index in [1.165, 1.54) is 11.3 Å². The van der Waals surface area contributed by atoms with Crippen LogP contribution in [0.2, 0.25) is 0 Å². The summed E-state index contributed by atoms with van der Waals surface area (Å²) >= 11 is 1.31. The van der Waals surface area contributed by atoms with Crippen LogP contribution in [0.15, 0.2) is 28.7 Å². The van der Waals surface area contributed by atoms with E-state index in [2.05, 4.69) is 26.5 Å². The zero-order valence-electron chi connectivity index (χ0n) is 15.9. The van der Waals surface area contributed by atoms with Crippen LogP contribution in [0.5, 0.6) is 0 Å². The second-order valence-electron chi connectivity index (χ2n) is 6.04. The second kappa shape index (κ2) is 9.43. The molecule has 1 N–H and O–H groups in total. The van der Waals surface area contributed by atoms with Gasteiger partial charge in [0.15, 0.2) is 0 Å². The summed E-state index contributed by atoms with van der Waals surface area (Å²) in [6.45, 7) is 5.07. The summed E-state index contributed by atoms with van der Waals surface area (Å²) < 4.78 is 42.8. The van der Waals surface area contributed by atoms with Crippen LogP contribution in [-0.4, -0.2) is 33.6 Å². The van der Waals surface area contributed by atoms with E-state index >= 15 is 0 Å². The SMILES string of the molecule is CC#CCS(CCC(F)(F)F)(NC(=O)CC)c1sc(-c2cccnc2)nc1C. The molecule has 0 aliphatic rings. The van der Waals surface area contributed by atoms with Crippen LogP contribution < -0.4 is 4.72 Å². The molecule has 0 saturated heterocycles. The fourth-order valence-electron chi connectivity index (χ4n) is 2.50. The first-order valence-corrected chi connectivity index (χ1v) is 11.4. The highest BCUT2D eigenvalue weighted by Gasteiger charge is 2.37. The van der Waals surface area contributed by atoms with E-state index in [1.807, 2.05) is 6.07 Å². The fourth-order valence-corrected chi connectivity index (χ4v) is 7.60. The number of amides is 1. The van der Waals surface area contributed by atoms with E-state index in [0.29, 0.717) is 14.9 Å². The van der Waals surface area contributed by atoms with Gasteiger partial charge in [-0.3, -0.25) is 9.78 Å². The molecule has 0 bridgehead atoms. The third kappa shape index (κ3) is 5.72. The quantitative estimate of drug-likeness (QED) is 0.624. The van der Waals surface area contributed by atoms with E-state index in [1.54, 1.807) is 39.2 Å². The van der Waals surface area contributed by atoms with Gasteiger partial charge in [0.25, 0.3) is 0 Å². The average molecular weight is 430 g/mol. The Labute approximate surface area is 168 Å². The van der Waals surface area contributed by atoms with E-state index in [0.717, 1.165) is 5.56 Å². The maximum absolute atomic E-state index is 13.1. The molecule has 1 atom stereocenters. The number of pyridine rings is 1. The summed E-state index contributed by atoms with van der Waals surface area (Å²) in [5, 5.41) is 0.666. The number of rotatable bonds is 7. The van der Waals surface area contributed by atoms with Crippen LogP contribution in [0.1, 0.15) is 32.4 Å². The lowest BCUT2D eigenvalue weighted by Gasteiger charge is -2.39. The van der Waals surface area contributed by atoms with Gasteiger partial charge < -0.3 is 4.72 Å². The summed E-state index contributed by atoms with van der Waals surface area (Å²) in [4.78, 5) is 20.9. The number of aromatic nitrogens is 2. The van der Waals surface area contributed by atoms with Crippen molar-refractivity contribution >= 4 is 27.5 Å². The summed E-state index contributed by atoms with van der Waals surface area (Å²) in [5.41, 5.74) is 1.41. The predicted octanol–water partition coefficient (Wildman–Crippen LogP) is 5.09. The minimum atomic E-state index is -4.32. The number of hydrogen-bond acceptors (Lipinski definition) is 4. The van der Waals surface area contributed by atoms with Gasteiger partial charge in [-0.2, -0.15) is 13.2 Å². The molecule has 1 unspecified atom stereocenters. The van der Waals surface area contributed by atoms with Gasteiger partial charge in [-0.05, 0) is 26.0 Å². The zero-order valence-corrected chi connectivity index (χ0v) is 17.5.